The van der Waals surface area contributed by atoms with E-state index in [1.807, 2.05) is 0 Å². The van der Waals surface area contributed by atoms with E-state index >= 15 is 0 Å². The first-order valence-electron chi connectivity index (χ1n) is 6.38. The van der Waals surface area contributed by atoms with Crippen LogP contribution in [0, 0.1) is 5.92 Å². The molecule has 16 heavy (non-hydrogen) atoms. The molecular formula is C15H23Br. The Morgan fingerprint density at radius 3 is 2.31 bits per heavy atom. The van der Waals surface area contributed by atoms with Crippen molar-refractivity contribution >= 4 is 15.9 Å². The average molecular weight is 283 g/mol. The van der Waals surface area contributed by atoms with E-state index in [1.54, 1.807) is 0 Å². The van der Waals surface area contributed by atoms with Crippen LogP contribution in [-0.4, -0.2) is 4.83 Å². The highest BCUT2D eigenvalue weighted by molar-refractivity contribution is 9.09. The molecule has 90 valence electrons. The second-order valence-electron chi connectivity index (χ2n) is 4.84. The fourth-order valence-corrected chi connectivity index (χ4v) is 2.15. The molecule has 0 aliphatic carbocycles. The summed E-state index contributed by atoms with van der Waals surface area (Å²) in [7, 11) is 0. The number of unbranched alkanes of at least 4 members (excludes halogenated alkanes) is 2. The quantitative estimate of drug-likeness (QED) is 0.476. The van der Waals surface area contributed by atoms with Crippen molar-refractivity contribution in [3.8, 4) is 0 Å². The summed E-state index contributed by atoms with van der Waals surface area (Å²) >= 11 is 3.74. The van der Waals surface area contributed by atoms with Crippen LogP contribution in [0.4, 0.5) is 0 Å². The van der Waals surface area contributed by atoms with Crippen LogP contribution in [0.1, 0.15) is 45.1 Å². The zero-order valence-electron chi connectivity index (χ0n) is 10.5. The van der Waals surface area contributed by atoms with Gasteiger partial charge in [-0.2, -0.15) is 0 Å². The van der Waals surface area contributed by atoms with Crippen molar-refractivity contribution in [2.24, 2.45) is 5.92 Å². The lowest BCUT2D eigenvalue weighted by Gasteiger charge is -2.12. The van der Waals surface area contributed by atoms with Crippen LogP contribution in [0.5, 0.6) is 0 Å². The van der Waals surface area contributed by atoms with Gasteiger partial charge in [0, 0.05) is 4.83 Å². The molecule has 0 aliphatic rings. The molecule has 0 nitrogen and oxygen atoms in total. The Labute approximate surface area is 109 Å². The number of aryl methyl sites for hydroxylation is 1. The number of rotatable bonds is 7. The van der Waals surface area contributed by atoms with Crippen molar-refractivity contribution < 1.29 is 0 Å². The number of halogens is 1. The summed E-state index contributed by atoms with van der Waals surface area (Å²) in [6.45, 7) is 4.56. The van der Waals surface area contributed by atoms with Gasteiger partial charge in [-0.05, 0) is 30.7 Å². The van der Waals surface area contributed by atoms with E-state index in [9.17, 15) is 0 Å². The molecule has 0 bridgehead atoms. The van der Waals surface area contributed by atoms with Crippen LogP contribution in [-0.2, 0) is 6.42 Å². The van der Waals surface area contributed by atoms with Gasteiger partial charge in [-0.3, -0.25) is 0 Å². The van der Waals surface area contributed by atoms with Crippen molar-refractivity contribution in [1.29, 1.82) is 0 Å². The van der Waals surface area contributed by atoms with Gasteiger partial charge in [0.05, 0.1) is 0 Å². The first-order valence-corrected chi connectivity index (χ1v) is 7.29. The summed E-state index contributed by atoms with van der Waals surface area (Å²) in [5, 5.41) is 0. The second kappa shape index (κ2) is 7.89. The molecule has 0 N–H and O–H groups in total. The molecule has 0 radical (unpaired) electrons. The average Bonchev–Trinajstić information content (AvgIpc) is 2.29. The van der Waals surface area contributed by atoms with E-state index in [4.69, 9.17) is 0 Å². The summed E-state index contributed by atoms with van der Waals surface area (Å²) in [5.74, 6) is 0.758. The molecule has 0 saturated heterocycles. The zero-order chi connectivity index (χ0) is 11.8. The molecular weight excluding hydrogens is 260 g/mol. The Balaban J connectivity index is 2.04. The van der Waals surface area contributed by atoms with Crippen LogP contribution in [0.25, 0.3) is 0 Å². The lowest BCUT2D eigenvalue weighted by Crippen LogP contribution is -2.06. The van der Waals surface area contributed by atoms with Crippen LogP contribution in [0.15, 0.2) is 30.3 Å². The van der Waals surface area contributed by atoms with E-state index < -0.39 is 0 Å². The molecule has 1 aromatic carbocycles. The van der Waals surface area contributed by atoms with Gasteiger partial charge in [0.25, 0.3) is 0 Å². The van der Waals surface area contributed by atoms with Crippen LogP contribution < -0.4 is 0 Å². The highest BCUT2D eigenvalue weighted by Crippen LogP contribution is 2.19. The van der Waals surface area contributed by atoms with Crippen LogP contribution in [0.3, 0.4) is 0 Å². The zero-order valence-corrected chi connectivity index (χ0v) is 12.0. The maximum absolute atomic E-state index is 3.74. The smallest absolute Gasteiger partial charge is 0.0168 e. The number of hydrogen-bond donors (Lipinski definition) is 0. The molecule has 1 aromatic rings. The van der Waals surface area contributed by atoms with Crippen molar-refractivity contribution in [1.82, 2.24) is 0 Å². The molecule has 0 heterocycles. The molecule has 1 rings (SSSR count). The first kappa shape index (κ1) is 13.8. The maximum atomic E-state index is 3.74. The third kappa shape index (κ3) is 5.69. The molecule has 0 aromatic heterocycles. The normalized spacial score (nSPS) is 13.0. The van der Waals surface area contributed by atoms with Gasteiger partial charge in [-0.1, -0.05) is 73.0 Å². The number of alkyl halides is 1. The van der Waals surface area contributed by atoms with Gasteiger partial charge in [-0.25, -0.2) is 0 Å². The fourth-order valence-electron chi connectivity index (χ4n) is 1.82. The Hall–Kier alpha value is -0.300. The Bertz CT molecular complexity index is 266. The van der Waals surface area contributed by atoms with Gasteiger partial charge >= 0.3 is 0 Å². The topological polar surface area (TPSA) is 0 Å². The highest BCUT2D eigenvalue weighted by atomic mass is 79.9. The lowest BCUT2D eigenvalue weighted by atomic mass is 10.0. The molecule has 0 amide bonds. The van der Waals surface area contributed by atoms with Crippen molar-refractivity contribution in [2.45, 2.75) is 50.8 Å². The van der Waals surface area contributed by atoms with E-state index in [0.29, 0.717) is 4.83 Å². The first-order chi connectivity index (χ1) is 7.70. The predicted octanol–water partition coefficient (Wildman–Crippen LogP) is 5.21. The molecule has 0 fully saturated rings. The third-order valence-electron chi connectivity index (χ3n) is 3.01. The third-order valence-corrected chi connectivity index (χ3v) is 4.53. The van der Waals surface area contributed by atoms with Gasteiger partial charge in [-0.15, -0.1) is 0 Å². The van der Waals surface area contributed by atoms with E-state index in [2.05, 4.69) is 60.1 Å². The van der Waals surface area contributed by atoms with E-state index in [1.165, 1.54) is 37.7 Å². The fraction of sp³-hybridized carbons (Fsp3) is 0.600. The minimum atomic E-state index is 0.698. The van der Waals surface area contributed by atoms with Crippen LogP contribution >= 0.6 is 15.9 Å². The molecule has 0 saturated carbocycles. The Morgan fingerprint density at radius 2 is 1.69 bits per heavy atom. The Kier molecular flexibility index (Phi) is 6.79. The SMILES string of the molecule is CC(C)C(Br)CCCCCc1ccccc1. The van der Waals surface area contributed by atoms with E-state index in [0.717, 1.165) is 5.92 Å². The minimum absolute atomic E-state index is 0.698. The predicted molar refractivity (Wildman–Crippen MR) is 76.2 cm³/mol. The van der Waals surface area contributed by atoms with Crippen molar-refractivity contribution in [2.75, 3.05) is 0 Å². The summed E-state index contributed by atoms with van der Waals surface area (Å²) in [5.41, 5.74) is 1.47. The standard InChI is InChI=1S/C15H23Br/c1-13(2)15(16)12-8-4-7-11-14-9-5-3-6-10-14/h3,5-6,9-10,13,15H,4,7-8,11-12H2,1-2H3. The van der Waals surface area contributed by atoms with Gasteiger partial charge in [0.15, 0.2) is 0 Å². The molecule has 1 heteroatoms. The molecule has 1 unspecified atom stereocenters. The summed E-state index contributed by atoms with van der Waals surface area (Å²) < 4.78 is 0. The second-order valence-corrected chi connectivity index (χ2v) is 6.02. The van der Waals surface area contributed by atoms with E-state index in [-0.39, 0.29) is 0 Å². The van der Waals surface area contributed by atoms with Crippen molar-refractivity contribution in [3.05, 3.63) is 35.9 Å². The Morgan fingerprint density at radius 1 is 1.00 bits per heavy atom. The number of benzene rings is 1. The summed E-state index contributed by atoms with van der Waals surface area (Å²) in [4.78, 5) is 0.698. The molecule has 1 atom stereocenters. The maximum Gasteiger partial charge on any atom is 0.0168 e. The largest absolute Gasteiger partial charge is 0.0888 e. The molecule has 0 aliphatic heterocycles. The lowest BCUT2D eigenvalue weighted by molar-refractivity contribution is 0.541. The van der Waals surface area contributed by atoms with Gasteiger partial charge < -0.3 is 0 Å². The van der Waals surface area contributed by atoms with Crippen molar-refractivity contribution in [3.63, 3.8) is 0 Å². The molecule has 0 spiro atoms. The highest BCUT2D eigenvalue weighted by Gasteiger charge is 2.07. The summed E-state index contributed by atoms with van der Waals surface area (Å²) in [6.07, 6.45) is 6.56. The number of hydrogen-bond acceptors (Lipinski definition) is 0. The van der Waals surface area contributed by atoms with Gasteiger partial charge in [0.1, 0.15) is 0 Å². The van der Waals surface area contributed by atoms with Crippen LogP contribution in [0.2, 0.25) is 0 Å². The summed E-state index contributed by atoms with van der Waals surface area (Å²) in [6, 6.07) is 10.8. The minimum Gasteiger partial charge on any atom is -0.0888 e. The van der Waals surface area contributed by atoms with Gasteiger partial charge in [0.2, 0.25) is 0 Å². The monoisotopic (exact) mass is 282 g/mol.